The summed E-state index contributed by atoms with van der Waals surface area (Å²) in [6, 6.07) is 3.84. The summed E-state index contributed by atoms with van der Waals surface area (Å²) in [5.41, 5.74) is 1.01. The van der Waals surface area contributed by atoms with Gasteiger partial charge in [0.05, 0.1) is 18.8 Å². The van der Waals surface area contributed by atoms with Crippen LogP contribution in [0.4, 0.5) is 5.95 Å². The maximum Gasteiger partial charge on any atom is 0.243 e. The van der Waals surface area contributed by atoms with Gasteiger partial charge >= 0.3 is 0 Å². The van der Waals surface area contributed by atoms with Crippen LogP contribution in [-0.2, 0) is 0 Å². The average Bonchev–Trinajstić information content (AvgIpc) is 2.70. The molecule has 17 heavy (non-hydrogen) atoms. The van der Waals surface area contributed by atoms with Crippen molar-refractivity contribution in [2.24, 2.45) is 0 Å². The van der Waals surface area contributed by atoms with Gasteiger partial charge in [-0.3, -0.25) is 0 Å². The maximum atomic E-state index is 9.18. The van der Waals surface area contributed by atoms with Crippen LogP contribution in [-0.4, -0.2) is 43.6 Å². The van der Waals surface area contributed by atoms with E-state index in [0.29, 0.717) is 5.95 Å². The predicted octanol–water partition coefficient (Wildman–Crippen LogP) is 0.193. The Labute approximate surface area is 98.9 Å². The Bertz CT molecular complexity index is 519. The highest BCUT2D eigenvalue weighted by Crippen LogP contribution is 2.13. The van der Waals surface area contributed by atoms with E-state index < -0.39 is 5.54 Å². The highest BCUT2D eigenvalue weighted by molar-refractivity contribution is 5.46. The summed E-state index contributed by atoms with van der Waals surface area (Å²) in [6.07, 6.45) is 1.82. The van der Waals surface area contributed by atoms with Gasteiger partial charge in [0, 0.05) is 6.20 Å². The van der Waals surface area contributed by atoms with Crippen LogP contribution in [0.1, 0.15) is 12.5 Å². The number of aliphatic hydroxyl groups is 2. The van der Waals surface area contributed by atoms with Gasteiger partial charge in [0.15, 0.2) is 5.65 Å². The molecule has 2 rings (SSSR count). The van der Waals surface area contributed by atoms with Gasteiger partial charge in [0.2, 0.25) is 5.95 Å². The molecule has 0 fully saturated rings. The minimum Gasteiger partial charge on any atom is -0.394 e. The topological polar surface area (TPSA) is 82.7 Å². The lowest BCUT2D eigenvalue weighted by Crippen LogP contribution is -2.42. The van der Waals surface area contributed by atoms with Crippen LogP contribution in [0.5, 0.6) is 0 Å². The van der Waals surface area contributed by atoms with Gasteiger partial charge in [0.1, 0.15) is 0 Å². The number of nitrogens with zero attached hydrogens (tertiary/aromatic N) is 3. The summed E-state index contributed by atoms with van der Waals surface area (Å²) < 4.78 is 1.64. The summed E-state index contributed by atoms with van der Waals surface area (Å²) >= 11 is 0. The number of anilines is 1. The van der Waals surface area contributed by atoms with Crippen LogP contribution in [0.3, 0.4) is 0 Å². The van der Waals surface area contributed by atoms with Crippen molar-refractivity contribution >= 4 is 11.6 Å². The molecule has 0 atom stereocenters. The Balaban J connectivity index is 2.31. The first-order valence-electron chi connectivity index (χ1n) is 5.39. The van der Waals surface area contributed by atoms with Crippen LogP contribution < -0.4 is 5.32 Å². The quantitative estimate of drug-likeness (QED) is 0.706. The lowest BCUT2D eigenvalue weighted by molar-refractivity contribution is 0.147. The van der Waals surface area contributed by atoms with Crippen molar-refractivity contribution < 1.29 is 10.2 Å². The van der Waals surface area contributed by atoms with E-state index in [1.165, 1.54) is 0 Å². The smallest absolute Gasteiger partial charge is 0.243 e. The SMILES string of the molecule is Cc1ccn2nc(NC(C)(CO)CO)nc2c1. The Morgan fingerprint density at radius 3 is 2.76 bits per heavy atom. The number of fused-ring (bicyclic) bond motifs is 1. The van der Waals surface area contributed by atoms with Crippen LogP contribution in [0.2, 0.25) is 0 Å². The number of aryl methyl sites for hydroxylation is 1. The standard InChI is InChI=1S/C11H16N4O2/c1-8-3-4-15-9(5-8)12-10(14-15)13-11(2,6-16)7-17/h3-5,16-17H,6-7H2,1-2H3,(H,13,14). The zero-order chi connectivity index (χ0) is 12.5. The van der Waals surface area contributed by atoms with Crippen molar-refractivity contribution in [1.29, 1.82) is 0 Å². The van der Waals surface area contributed by atoms with E-state index in [2.05, 4.69) is 15.4 Å². The molecule has 0 unspecified atom stereocenters. The van der Waals surface area contributed by atoms with Gasteiger partial charge in [-0.05, 0) is 31.5 Å². The van der Waals surface area contributed by atoms with Crippen molar-refractivity contribution in [3.8, 4) is 0 Å². The van der Waals surface area contributed by atoms with E-state index >= 15 is 0 Å². The van der Waals surface area contributed by atoms with Crippen molar-refractivity contribution in [2.45, 2.75) is 19.4 Å². The average molecular weight is 236 g/mol. The fourth-order valence-electron chi connectivity index (χ4n) is 1.44. The Hall–Kier alpha value is -1.66. The third-order valence-corrected chi connectivity index (χ3v) is 2.60. The molecule has 0 aliphatic rings. The fourth-order valence-corrected chi connectivity index (χ4v) is 1.44. The van der Waals surface area contributed by atoms with Gasteiger partial charge in [0.25, 0.3) is 0 Å². The molecule has 0 aliphatic heterocycles. The molecule has 6 heteroatoms. The molecule has 2 aromatic heterocycles. The predicted molar refractivity (Wildman–Crippen MR) is 63.9 cm³/mol. The van der Waals surface area contributed by atoms with Crippen molar-refractivity contribution in [3.05, 3.63) is 23.9 Å². The van der Waals surface area contributed by atoms with E-state index in [1.807, 2.05) is 25.3 Å². The summed E-state index contributed by atoms with van der Waals surface area (Å²) in [6.45, 7) is 3.29. The Morgan fingerprint density at radius 1 is 1.41 bits per heavy atom. The summed E-state index contributed by atoms with van der Waals surface area (Å²) in [4.78, 5) is 4.27. The monoisotopic (exact) mass is 236 g/mol. The van der Waals surface area contributed by atoms with E-state index in [9.17, 15) is 10.2 Å². The number of pyridine rings is 1. The molecule has 0 aromatic carbocycles. The van der Waals surface area contributed by atoms with Crippen LogP contribution in [0, 0.1) is 6.92 Å². The van der Waals surface area contributed by atoms with E-state index in [4.69, 9.17) is 0 Å². The highest BCUT2D eigenvalue weighted by Gasteiger charge is 2.23. The molecule has 2 aromatic rings. The Morgan fingerprint density at radius 2 is 2.12 bits per heavy atom. The molecule has 0 amide bonds. The number of hydrogen-bond donors (Lipinski definition) is 3. The van der Waals surface area contributed by atoms with Crippen LogP contribution in [0.25, 0.3) is 5.65 Å². The van der Waals surface area contributed by atoms with Gasteiger partial charge in [-0.25, -0.2) is 4.52 Å². The van der Waals surface area contributed by atoms with Gasteiger partial charge in [-0.15, -0.1) is 5.10 Å². The Kier molecular flexibility index (Phi) is 2.99. The number of aromatic nitrogens is 3. The second kappa shape index (κ2) is 4.31. The highest BCUT2D eigenvalue weighted by atomic mass is 16.3. The van der Waals surface area contributed by atoms with Gasteiger partial charge in [-0.2, -0.15) is 4.98 Å². The molecular weight excluding hydrogens is 220 g/mol. The first-order chi connectivity index (χ1) is 8.06. The lowest BCUT2D eigenvalue weighted by atomic mass is 10.1. The zero-order valence-corrected chi connectivity index (χ0v) is 9.88. The first kappa shape index (κ1) is 11.8. The molecule has 2 heterocycles. The summed E-state index contributed by atoms with van der Waals surface area (Å²) in [7, 11) is 0. The number of nitrogens with one attached hydrogen (secondary N) is 1. The van der Waals surface area contributed by atoms with E-state index in [1.54, 1.807) is 11.4 Å². The number of hydrogen-bond acceptors (Lipinski definition) is 5. The molecule has 0 saturated heterocycles. The summed E-state index contributed by atoms with van der Waals surface area (Å²) in [5.74, 6) is 0.390. The molecule has 92 valence electrons. The second-order valence-corrected chi connectivity index (χ2v) is 4.44. The molecule has 0 aliphatic carbocycles. The van der Waals surface area contributed by atoms with Crippen molar-refractivity contribution in [3.63, 3.8) is 0 Å². The third-order valence-electron chi connectivity index (χ3n) is 2.60. The number of rotatable bonds is 4. The first-order valence-corrected chi connectivity index (χ1v) is 5.39. The second-order valence-electron chi connectivity index (χ2n) is 4.44. The van der Waals surface area contributed by atoms with Crippen molar-refractivity contribution in [1.82, 2.24) is 14.6 Å². The van der Waals surface area contributed by atoms with E-state index in [0.717, 1.165) is 11.2 Å². The third kappa shape index (κ3) is 2.37. The normalized spacial score (nSPS) is 12.0. The van der Waals surface area contributed by atoms with Crippen molar-refractivity contribution in [2.75, 3.05) is 18.5 Å². The molecule has 0 radical (unpaired) electrons. The zero-order valence-electron chi connectivity index (χ0n) is 9.88. The largest absolute Gasteiger partial charge is 0.394 e. The fraction of sp³-hybridized carbons (Fsp3) is 0.455. The lowest BCUT2D eigenvalue weighted by Gasteiger charge is -2.24. The maximum absolute atomic E-state index is 9.18. The van der Waals surface area contributed by atoms with Crippen LogP contribution >= 0.6 is 0 Å². The molecule has 6 nitrogen and oxygen atoms in total. The molecular formula is C11H16N4O2. The van der Waals surface area contributed by atoms with E-state index in [-0.39, 0.29) is 13.2 Å². The summed E-state index contributed by atoms with van der Waals surface area (Å²) in [5, 5.41) is 25.5. The number of aliphatic hydroxyl groups excluding tert-OH is 2. The molecule has 0 saturated carbocycles. The minimum absolute atomic E-state index is 0.196. The molecule has 0 spiro atoms. The van der Waals surface area contributed by atoms with Crippen LogP contribution in [0.15, 0.2) is 18.3 Å². The molecule has 3 N–H and O–H groups in total. The van der Waals surface area contributed by atoms with Gasteiger partial charge < -0.3 is 15.5 Å². The minimum atomic E-state index is -0.819. The molecule has 0 bridgehead atoms. The van der Waals surface area contributed by atoms with Gasteiger partial charge in [-0.1, -0.05) is 0 Å².